The first kappa shape index (κ1) is 15.4. The Kier molecular flexibility index (Phi) is 4.33. The molecule has 0 fully saturated rings. The van der Waals surface area contributed by atoms with Gasteiger partial charge in [-0.3, -0.25) is 29.8 Å². The lowest BCUT2D eigenvalue weighted by Gasteiger charge is -2.10. The number of para-hydroxylation sites is 2. The van der Waals surface area contributed by atoms with E-state index in [9.17, 15) is 14.4 Å². The molecule has 1 heterocycles. The maximum absolute atomic E-state index is 12.0. The van der Waals surface area contributed by atoms with Crippen LogP contribution in [-0.2, 0) is 11.3 Å². The molecule has 0 aliphatic heterocycles. The van der Waals surface area contributed by atoms with Gasteiger partial charge in [-0.05, 0) is 24.3 Å². The lowest BCUT2D eigenvalue weighted by atomic mass is 10.2. The van der Waals surface area contributed by atoms with Gasteiger partial charge in [-0.2, -0.15) is 0 Å². The van der Waals surface area contributed by atoms with Crippen LogP contribution in [0.3, 0.4) is 0 Å². The first-order valence-corrected chi connectivity index (χ1v) is 7.24. The number of fused-ring (bicyclic) bond motifs is 1. The standard InChI is InChI=1S/C17H14N4O3/c22-15(19-20-17(24)12-6-2-1-3-7-12)11-21-14-9-5-4-8-13(14)18-10-16(21)23/h1-10H,11H2,(H,19,22)(H,20,24). The number of hydrogen-bond acceptors (Lipinski definition) is 4. The summed E-state index contributed by atoms with van der Waals surface area (Å²) in [5.74, 6) is -0.950. The van der Waals surface area contributed by atoms with Gasteiger partial charge in [0, 0.05) is 5.56 Å². The van der Waals surface area contributed by atoms with Crippen LogP contribution >= 0.6 is 0 Å². The van der Waals surface area contributed by atoms with Crippen LogP contribution in [0, 0.1) is 0 Å². The minimum absolute atomic E-state index is 0.225. The molecule has 0 aliphatic rings. The Hall–Kier alpha value is -3.48. The normalized spacial score (nSPS) is 10.3. The smallest absolute Gasteiger partial charge is 0.269 e. The Labute approximate surface area is 136 Å². The number of amides is 2. The Bertz CT molecular complexity index is 951. The van der Waals surface area contributed by atoms with Gasteiger partial charge in [0.1, 0.15) is 6.54 Å². The molecular weight excluding hydrogens is 308 g/mol. The number of rotatable bonds is 3. The second-order valence-electron chi connectivity index (χ2n) is 5.04. The number of nitrogens with zero attached hydrogens (tertiary/aromatic N) is 2. The van der Waals surface area contributed by atoms with Gasteiger partial charge in [0.15, 0.2) is 0 Å². The quantitative estimate of drug-likeness (QED) is 0.699. The molecule has 0 spiro atoms. The summed E-state index contributed by atoms with van der Waals surface area (Å²) in [5.41, 5.74) is 5.81. The molecule has 7 nitrogen and oxygen atoms in total. The molecule has 1 aromatic heterocycles. The maximum atomic E-state index is 12.0. The summed E-state index contributed by atoms with van der Waals surface area (Å²) in [6.45, 7) is -0.225. The largest absolute Gasteiger partial charge is 0.296 e. The van der Waals surface area contributed by atoms with Crippen LogP contribution in [0.1, 0.15) is 10.4 Å². The van der Waals surface area contributed by atoms with Crippen molar-refractivity contribution < 1.29 is 9.59 Å². The van der Waals surface area contributed by atoms with Crippen molar-refractivity contribution in [3.63, 3.8) is 0 Å². The Morgan fingerprint density at radius 2 is 1.67 bits per heavy atom. The molecule has 0 aliphatic carbocycles. The third kappa shape index (κ3) is 3.30. The van der Waals surface area contributed by atoms with Gasteiger partial charge in [0.2, 0.25) is 0 Å². The SMILES string of the molecule is O=C(Cn1c(=O)cnc2ccccc21)NNC(=O)c1ccccc1. The van der Waals surface area contributed by atoms with Crippen LogP contribution in [0.5, 0.6) is 0 Å². The van der Waals surface area contributed by atoms with Gasteiger partial charge in [-0.1, -0.05) is 30.3 Å². The molecule has 0 saturated heterocycles. The van der Waals surface area contributed by atoms with Crippen molar-refractivity contribution in [2.24, 2.45) is 0 Å². The lowest BCUT2D eigenvalue weighted by Crippen LogP contribution is -2.44. The van der Waals surface area contributed by atoms with Gasteiger partial charge in [-0.25, -0.2) is 4.98 Å². The monoisotopic (exact) mass is 322 g/mol. The molecule has 2 aromatic carbocycles. The van der Waals surface area contributed by atoms with Crippen LogP contribution in [0.25, 0.3) is 11.0 Å². The van der Waals surface area contributed by atoms with Gasteiger partial charge in [0.05, 0.1) is 17.2 Å². The Morgan fingerprint density at radius 1 is 0.958 bits per heavy atom. The fourth-order valence-electron chi connectivity index (χ4n) is 2.25. The van der Waals surface area contributed by atoms with E-state index in [1.165, 1.54) is 4.57 Å². The van der Waals surface area contributed by atoms with Crippen molar-refractivity contribution in [3.05, 3.63) is 76.7 Å². The average molecular weight is 322 g/mol. The number of benzene rings is 2. The predicted octanol–water partition coefficient (Wildman–Crippen LogP) is 0.858. The molecule has 0 unspecified atom stereocenters. The zero-order chi connectivity index (χ0) is 16.9. The van der Waals surface area contributed by atoms with Crippen molar-refractivity contribution in [1.82, 2.24) is 20.4 Å². The maximum Gasteiger partial charge on any atom is 0.269 e. The first-order chi connectivity index (χ1) is 11.6. The summed E-state index contributed by atoms with van der Waals surface area (Å²) in [5, 5.41) is 0. The van der Waals surface area contributed by atoms with E-state index in [0.717, 1.165) is 6.20 Å². The predicted molar refractivity (Wildman–Crippen MR) is 88.1 cm³/mol. The molecule has 7 heteroatoms. The van der Waals surface area contributed by atoms with Gasteiger partial charge < -0.3 is 0 Å². The zero-order valence-electron chi connectivity index (χ0n) is 12.6. The fraction of sp³-hybridized carbons (Fsp3) is 0.0588. The Morgan fingerprint density at radius 3 is 2.46 bits per heavy atom. The fourth-order valence-corrected chi connectivity index (χ4v) is 2.25. The Balaban J connectivity index is 1.71. The molecule has 2 N–H and O–H groups in total. The van der Waals surface area contributed by atoms with Gasteiger partial charge in [0.25, 0.3) is 17.4 Å². The highest BCUT2D eigenvalue weighted by molar-refractivity contribution is 5.95. The highest BCUT2D eigenvalue weighted by Gasteiger charge is 2.10. The average Bonchev–Trinajstić information content (AvgIpc) is 2.63. The van der Waals surface area contributed by atoms with Gasteiger partial charge >= 0.3 is 0 Å². The van der Waals surface area contributed by atoms with E-state index in [-0.39, 0.29) is 6.54 Å². The van der Waals surface area contributed by atoms with Crippen LogP contribution in [-0.4, -0.2) is 21.4 Å². The third-order valence-electron chi connectivity index (χ3n) is 3.41. The second kappa shape index (κ2) is 6.74. The highest BCUT2D eigenvalue weighted by Crippen LogP contribution is 2.07. The number of nitrogens with one attached hydrogen (secondary N) is 2. The van der Waals surface area contributed by atoms with Crippen LogP contribution in [0.2, 0.25) is 0 Å². The van der Waals surface area contributed by atoms with E-state index in [2.05, 4.69) is 15.8 Å². The molecule has 0 bridgehead atoms. The zero-order valence-corrected chi connectivity index (χ0v) is 12.6. The summed E-state index contributed by atoms with van der Waals surface area (Å²) in [4.78, 5) is 39.9. The van der Waals surface area contributed by atoms with Crippen LogP contribution in [0.15, 0.2) is 65.6 Å². The number of hydrazine groups is 1. The summed E-state index contributed by atoms with van der Waals surface area (Å²) < 4.78 is 1.30. The van der Waals surface area contributed by atoms with E-state index < -0.39 is 17.4 Å². The number of hydrogen-bond donors (Lipinski definition) is 2. The minimum Gasteiger partial charge on any atom is -0.296 e. The summed E-state index contributed by atoms with van der Waals surface area (Å²) in [6.07, 6.45) is 1.16. The minimum atomic E-state index is -0.516. The van der Waals surface area contributed by atoms with E-state index >= 15 is 0 Å². The van der Waals surface area contributed by atoms with E-state index in [0.29, 0.717) is 16.6 Å². The number of carbonyl (C=O) groups excluding carboxylic acids is 2. The molecule has 2 amide bonds. The molecular formula is C17H14N4O3. The van der Waals surface area contributed by atoms with Crippen molar-refractivity contribution in [1.29, 1.82) is 0 Å². The molecule has 0 atom stereocenters. The summed E-state index contributed by atoms with van der Waals surface area (Å²) in [7, 11) is 0. The van der Waals surface area contributed by atoms with E-state index in [1.54, 1.807) is 54.6 Å². The molecule has 3 rings (SSSR count). The van der Waals surface area contributed by atoms with Crippen LogP contribution < -0.4 is 16.4 Å². The molecule has 3 aromatic rings. The highest BCUT2D eigenvalue weighted by atomic mass is 16.2. The molecule has 0 saturated carbocycles. The molecule has 0 radical (unpaired) electrons. The van der Waals surface area contributed by atoms with Crippen LogP contribution in [0.4, 0.5) is 0 Å². The number of carbonyl (C=O) groups is 2. The number of aromatic nitrogens is 2. The van der Waals surface area contributed by atoms with E-state index in [4.69, 9.17) is 0 Å². The van der Waals surface area contributed by atoms with Crippen molar-refractivity contribution in [3.8, 4) is 0 Å². The first-order valence-electron chi connectivity index (χ1n) is 7.24. The topological polar surface area (TPSA) is 93.1 Å². The van der Waals surface area contributed by atoms with Crippen molar-refractivity contribution in [2.45, 2.75) is 6.54 Å². The van der Waals surface area contributed by atoms with E-state index in [1.807, 2.05) is 0 Å². The second-order valence-corrected chi connectivity index (χ2v) is 5.04. The summed E-state index contributed by atoms with van der Waals surface area (Å²) >= 11 is 0. The van der Waals surface area contributed by atoms with Crippen molar-refractivity contribution >= 4 is 22.8 Å². The summed E-state index contributed by atoms with van der Waals surface area (Å²) in [6, 6.07) is 15.5. The van der Waals surface area contributed by atoms with Gasteiger partial charge in [-0.15, -0.1) is 0 Å². The molecule has 120 valence electrons. The third-order valence-corrected chi connectivity index (χ3v) is 3.41. The lowest BCUT2D eigenvalue weighted by molar-refractivity contribution is -0.122. The molecule has 24 heavy (non-hydrogen) atoms. The van der Waals surface area contributed by atoms with Crippen molar-refractivity contribution in [2.75, 3.05) is 0 Å².